The van der Waals surface area contributed by atoms with Crippen molar-refractivity contribution in [3.8, 4) is 17.2 Å². The second kappa shape index (κ2) is 9.51. The van der Waals surface area contributed by atoms with Gasteiger partial charge in [-0.15, -0.1) is 0 Å². The highest BCUT2D eigenvalue weighted by Gasteiger charge is 2.16. The predicted molar refractivity (Wildman–Crippen MR) is 123 cm³/mol. The third-order valence-electron chi connectivity index (χ3n) is 4.75. The zero-order valence-electron chi connectivity index (χ0n) is 18.2. The van der Waals surface area contributed by atoms with E-state index in [4.69, 9.17) is 14.2 Å². The van der Waals surface area contributed by atoms with Crippen molar-refractivity contribution in [2.45, 2.75) is 31.4 Å². The number of hydrogen-bond acceptors (Lipinski definition) is 6. The Labute approximate surface area is 192 Å². The molecular formula is C24H24N2O6S. The van der Waals surface area contributed by atoms with Crippen LogP contribution in [-0.2, 0) is 16.6 Å². The van der Waals surface area contributed by atoms with Gasteiger partial charge in [0.25, 0.3) is 5.91 Å². The highest BCUT2D eigenvalue weighted by molar-refractivity contribution is 7.89. The van der Waals surface area contributed by atoms with Crippen LogP contribution in [0.1, 0.15) is 29.8 Å². The SMILES string of the molecule is CC(C)NS(=O)(=O)c1ccc(C(=O)Nc2cccc(COc3ccc4c(c3)OCO4)c2)cc1. The lowest BCUT2D eigenvalue weighted by molar-refractivity contribution is 0.102. The molecule has 0 spiro atoms. The lowest BCUT2D eigenvalue weighted by atomic mass is 10.2. The van der Waals surface area contributed by atoms with Gasteiger partial charge in [-0.25, -0.2) is 13.1 Å². The number of ether oxygens (including phenoxy) is 3. The van der Waals surface area contributed by atoms with Crippen LogP contribution in [0.3, 0.4) is 0 Å². The van der Waals surface area contributed by atoms with Crippen LogP contribution in [0, 0.1) is 0 Å². The zero-order valence-corrected chi connectivity index (χ0v) is 19.0. The Morgan fingerprint density at radius 3 is 2.52 bits per heavy atom. The van der Waals surface area contributed by atoms with Gasteiger partial charge in [-0.2, -0.15) is 0 Å². The standard InChI is InChI=1S/C24H24N2O6S/c1-16(2)26-33(28,29)21-9-6-18(7-10-21)24(27)25-19-5-3-4-17(12-19)14-30-20-8-11-22-23(13-20)32-15-31-22/h3-13,16,26H,14-15H2,1-2H3,(H,25,27). The topological polar surface area (TPSA) is 103 Å². The van der Waals surface area contributed by atoms with Crippen LogP contribution in [-0.4, -0.2) is 27.2 Å². The highest BCUT2D eigenvalue weighted by Crippen LogP contribution is 2.35. The summed E-state index contributed by atoms with van der Waals surface area (Å²) in [5.41, 5.74) is 1.82. The minimum atomic E-state index is -3.61. The van der Waals surface area contributed by atoms with Gasteiger partial charge in [0.15, 0.2) is 11.5 Å². The first kappa shape index (κ1) is 22.6. The number of amides is 1. The van der Waals surface area contributed by atoms with Gasteiger partial charge in [-0.1, -0.05) is 12.1 Å². The van der Waals surface area contributed by atoms with Crippen molar-refractivity contribution < 1.29 is 27.4 Å². The molecule has 172 valence electrons. The molecule has 0 aliphatic carbocycles. The van der Waals surface area contributed by atoms with Crippen LogP contribution in [0.15, 0.2) is 71.6 Å². The molecule has 2 N–H and O–H groups in total. The molecule has 0 atom stereocenters. The molecule has 3 aromatic rings. The summed E-state index contributed by atoms with van der Waals surface area (Å²) in [5.74, 6) is 1.64. The summed E-state index contributed by atoms with van der Waals surface area (Å²) in [6, 6.07) is 18.2. The molecule has 3 aromatic carbocycles. The first-order valence-electron chi connectivity index (χ1n) is 10.4. The molecular weight excluding hydrogens is 444 g/mol. The van der Waals surface area contributed by atoms with Gasteiger partial charge in [0, 0.05) is 23.4 Å². The molecule has 4 rings (SSSR count). The summed E-state index contributed by atoms with van der Waals surface area (Å²) < 4.78 is 43.5. The Morgan fingerprint density at radius 1 is 1.00 bits per heavy atom. The van der Waals surface area contributed by atoms with Crippen molar-refractivity contribution in [3.63, 3.8) is 0 Å². The Morgan fingerprint density at radius 2 is 1.76 bits per heavy atom. The summed E-state index contributed by atoms with van der Waals surface area (Å²) in [6.45, 7) is 3.99. The fourth-order valence-electron chi connectivity index (χ4n) is 3.24. The van der Waals surface area contributed by atoms with Gasteiger partial charge in [0.2, 0.25) is 16.8 Å². The Kier molecular flexibility index (Phi) is 6.52. The van der Waals surface area contributed by atoms with Crippen molar-refractivity contribution in [1.82, 2.24) is 4.72 Å². The van der Waals surface area contributed by atoms with E-state index in [1.165, 1.54) is 24.3 Å². The van der Waals surface area contributed by atoms with Gasteiger partial charge < -0.3 is 19.5 Å². The summed E-state index contributed by atoms with van der Waals surface area (Å²) in [6.07, 6.45) is 0. The van der Waals surface area contributed by atoms with E-state index in [0.717, 1.165) is 5.56 Å². The third-order valence-corrected chi connectivity index (χ3v) is 6.43. The Balaban J connectivity index is 1.38. The molecule has 0 radical (unpaired) electrons. The molecule has 0 aromatic heterocycles. The summed E-state index contributed by atoms with van der Waals surface area (Å²) in [5, 5.41) is 2.83. The number of nitrogens with one attached hydrogen (secondary N) is 2. The summed E-state index contributed by atoms with van der Waals surface area (Å²) in [4.78, 5) is 12.7. The number of hydrogen-bond donors (Lipinski definition) is 2. The van der Waals surface area contributed by atoms with Crippen LogP contribution < -0.4 is 24.2 Å². The van der Waals surface area contributed by atoms with Crippen molar-refractivity contribution >= 4 is 21.6 Å². The third kappa shape index (κ3) is 5.63. The maximum Gasteiger partial charge on any atom is 0.255 e. The van der Waals surface area contributed by atoms with E-state index in [0.29, 0.717) is 35.1 Å². The number of carbonyl (C=O) groups is 1. The zero-order chi connectivity index (χ0) is 23.4. The van der Waals surface area contributed by atoms with E-state index in [1.54, 1.807) is 38.1 Å². The molecule has 0 fully saturated rings. The molecule has 0 bridgehead atoms. The van der Waals surface area contributed by atoms with Gasteiger partial charge in [-0.05, 0) is 67.9 Å². The van der Waals surface area contributed by atoms with Crippen LogP contribution in [0.2, 0.25) is 0 Å². The second-order valence-electron chi connectivity index (χ2n) is 7.76. The fraction of sp³-hybridized carbons (Fsp3) is 0.208. The molecule has 0 unspecified atom stereocenters. The molecule has 0 saturated carbocycles. The maximum atomic E-state index is 12.6. The Hall–Kier alpha value is -3.56. The molecule has 1 aliphatic rings. The number of sulfonamides is 1. The average Bonchev–Trinajstić information content (AvgIpc) is 3.25. The minimum Gasteiger partial charge on any atom is -0.489 e. The smallest absolute Gasteiger partial charge is 0.255 e. The molecule has 8 nitrogen and oxygen atoms in total. The fourth-order valence-corrected chi connectivity index (χ4v) is 4.49. The largest absolute Gasteiger partial charge is 0.489 e. The van der Waals surface area contributed by atoms with Crippen molar-refractivity contribution in [2.75, 3.05) is 12.1 Å². The number of carbonyl (C=O) groups excluding carboxylic acids is 1. The van der Waals surface area contributed by atoms with E-state index >= 15 is 0 Å². The van der Waals surface area contributed by atoms with Gasteiger partial charge in [-0.3, -0.25) is 4.79 Å². The van der Waals surface area contributed by atoms with Crippen molar-refractivity contribution in [3.05, 3.63) is 77.9 Å². The van der Waals surface area contributed by atoms with Gasteiger partial charge in [0.05, 0.1) is 4.90 Å². The lowest BCUT2D eigenvalue weighted by Crippen LogP contribution is -2.30. The number of anilines is 1. The van der Waals surface area contributed by atoms with E-state index in [9.17, 15) is 13.2 Å². The summed E-state index contributed by atoms with van der Waals surface area (Å²) in [7, 11) is -3.61. The number of rotatable bonds is 8. The second-order valence-corrected chi connectivity index (χ2v) is 9.47. The molecule has 9 heteroatoms. The Bertz CT molecular complexity index is 1260. The molecule has 1 amide bonds. The molecule has 1 heterocycles. The molecule has 33 heavy (non-hydrogen) atoms. The molecule has 0 saturated heterocycles. The van der Waals surface area contributed by atoms with Gasteiger partial charge >= 0.3 is 0 Å². The van der Waals surface area contributed by atoms with Gasteiger partial charge in [0.1, 0.15) is 12.4 Å². The average molecular weight is 469 g/mol. The monoisotopic (exact) mass is 468 g/mol. The van der Waals surface area contributed by atoms with Crippen LogP contribution in [0.25, 0.3) is 0 Å². The maximum absolute atomic E-state index is 12.6. The number of fused-ring (bicyclic) bond motifs is 1. The van der Waals surface area contributed by atoms with Crippen molar-refractivity contribution in [1.29, 1.82) is 0 Å². The van der Waals surface area contributed by atoms with E-state index in [1.807, 2.05) is 18.2 Å². The van der Waals surface area contributed by atoms with Crippen LogP contribution in [0.4, 0.5) is 5.69 Å². The predicted octanol–water partition coefficient (Wildman–Crippen LogP) is 3.93. The quantitative estimate of drug-likeness (QED) is 0.519. The van der Waals surface area contributed by atoms with E-state index < -0.39 is 10.0 Å². The van der Waals surface area contributed by atoms with Crippen molar-refractivity contribution in [2.24, 2.45) is 0 Å². The molecule has 1 aliphatic heterocycles. The lowest BCUT2D eigenvalue weighted by Gasteiger charge is -2.11. The number of benzene rings is 3. The van der Waals surface area contributed by atoms with E-state index in [-0.39, 0.29) is 23.6 Å². The van der Waals surface area contributed by atoms with Crippen LogP contribution >= 0.6 is 0 Å². The minimum absolute atomic E-state index is 0.107. The first-order valence-corrected chi connectivity index (χ1v) is 11.8. The van der Waals surface area contributed by atoms with E-state index in [2.05, 4.69) is 10.0 Å². The highest BCUT2D eigenvalue weighted by atomic mass is 32.2. The van der Waals surface area contributed by atoms with Crippen LogP contribution in [0.5, 0.6) is 17.2 Å². The summed E-state index contributed by atoms with van der Waals surface area (Å²) >= 11 is 0. The first-order chi connectivity index (χ1) is 15.8. The normalized spacial score (nSPS) is 12.6.